The average Bonchev–Trinajstić information content (AvgIpc) is 2.93. The second-order valence-electron chi connectivity index (χ2n) is 5.91. The number of nitrogens with two attached hydrogens (primary N) is 1. The summed E-state index contributed by atoms with van der Waals surface area (Å²) in [6, 6.07) is 7.91. The zero-order valence-corrected chi connectivity index (χ0v) is 11.5. The number of para-hydroxylation sites is 1. The van der Waals surface area contributed by atoms with E-state index in [1.807, 2.05) is 24.3 Å². The Bertz CT molecular complexity index is 438. The first-order valence-electron chi connectivity index (χ1n) is 7.29. The molecule has 1 aromatic carbocycles. The number of hydrogen-bond acceptors (Lipinski definition) is 3. The molecule has 4 atom stereocenters. The second kappa shape index (κ2) is 5.14. The number of fused-ring (bicyclic) bond motifs is 1. The van der Waals surface area contributed by atoms with E-state index in [9.17, 15) is 5.11 Å². The molecule has 2 saturated carbocycles. The van der Waals surface area contributed by atoms with Crippen molar-refractivity contribution in [2.75, 3.05) is 13.7 Å². The van der Waals surface area contributed by atoms with E-state index in [-0.39, 0.29) is 12.0 Å². The van der Waals surface area contributed by atoms with Gasteiger partial charge in [0.05, 0.1) is 13.2 Å². The molecule has 3 heteroatoms. The van der Waals surface area contributed by atoms with Crippen LogP contribution >= 0.6 is 0 Å². The number of hydrogen-bond donors (Lipinski definition) is 2. The first kappa shape index (κ1) is 12.9. The molecule has 2 fully saturated rings. The van der Waals surface area contributed by atoms with E-state index in [4.69, 9.17) is 10.5 Å². The van der Waals surface area contributed by atoms with E-state index >= 15 is 0 Å². The van der Waals surface area contributed by atoms with E-state index in [1.165, 1.54) is 19.3 Å². The van der Waals surface area contributed by atoms with Gasteiger partial charge in [-0.3, -0.25) is 0 Å². The molecule has 0 aromatic heterocycles. The Kier molecular flexibility index (Phi) is 3.50. The molecule has 0 heterocycles. The summed E-state index contributed by atoms with van der Waals surface area (Å²) in [6.45, 7) is 0.470. The van der Waals surface area contributed by atoms with Crippen molar-refractivity contribution in [2.24, 2.45) is 23.5 Å². The molecular formula is C16H23NO2. The fourth-order valence-electron chi connectivity index (χ4n) is 4.07. The quantitative estimate of drug-likeness (QED) is 0.854. The van der Waals surface area contributed by atoms with Crippen LogP contribution < -0.4 is 10.5 Å². The fourth-order valence-corrected chi connectivity index (χ4v) is 4.07. The lowest BCUT2D eigenvalue weighted by molar-refractivity contribution is 0.107. The van der Waals surface area contributed by atoms with Gasteiger partial charge < -0.3 is 15.6 Å². The van der Waals surface area contributed by atoms with Gasteiger partial charge in [-0.25, -0.2) is 0 Å². The van der Waals surface area contributed by atoms with Crippen LogP contribution in [0, 0.1) is 17.8 Å². The van der Waals surface area contributed by atoms with Crippen molar-refractivity contribution in [1.82, 2.24) is 0 Å². The summed E-state index contributed by atoms with van der Waals surface area (Å²) in [7, 11) is 1.67. The van der Waals surface area contributed by atoms with Gasteiger partial charge in [-0.2, -0.15) is 0 Å². The molecule has 3 nitrogen and oxygen atoms in total. The van der Waals surface area contributed by atoms with E-state index in [2.05, 4.69) is 0 Å². The van der Waals surface area contributed by atoms with E-state index in [0.29, 0.717) is 12.5 Å². The van der Waals surface area contributed by atoms with E-state index < -0.39 is 0 Å². The predicted octanol–water partition coefficient (Wildman–Crippen LogP) is 2.14. The van der Waals surface area contributed by atoms with Gasteiger partial charge in [0.1, 0.15) is 5.75 Å². The molecule has 0 spiro atoms. The van der Waals surface area contributed by atoms with Crippen molar-refractivity contribution in [2.45, 2.75) is 31.3 Å². The summed E-state index contributed by atoms with van der Waals surface area (Å²) >= 11 is 0. The minimum atomic E-state index is -0.323. The number of aliphatic hydroxyl groups is 1. The molecule has 1 aromatic rings. The van der Waals surface area contributed by atoms with Crippen LogP contribution in [-0.4, -0.2) is 24.9 Å². The first-order chi connectivity index (χ1) is 9.27. The van der Waals surface area contributed by atoms with Crippen molar-refractivity contribution >= 4 is 0 Å². The van der Waals surface area contributed by atoms with Crippen LogP contribution in [0.1, 0.15) is 30.7 Å². The molecule has 3 rings (SSSR count). The Labute approximate surface area is 114 Å². The van der Waals surface area contributed by atoms with Crippen LogP contribution in [0.3, 0.4) is 0 Å². The zero-order valence-electron chi connectivity index (χ0n) is 11.5. The van der Waals surface area contributed by atoms with Gasteiger partial charge in [0.15, 0.2) is 0 Å². The summed E-state index contributed by atoms with van der Waals surface area (Å²) in [6.07, 6.45) is 3.59. The third kappa shape index (κ3) is 2.15. The topological polar surface area (TPSA) is 55.5 Å². The van der Waals surface area contributed by atoms with Gasteiger partial charge >= 0.3 is 0 Å². The highest BCUT2D eigenvalue weighted by Crippen LogP contribution is 2.60. The normalized spacial score (nSPS) is 31.6. The van der Waals surface area contributed by atoms with Gasteiger partial charge in [-0.05, 0) is 36.7 Å². The lowest BCUT2D eigenvalue weighted by Gasteiger charge is -2.25. The molecule has 3 N–H and O–H groups in total. The van der Waals surface area contributed by atoms with Crippen LogP contribution in [0.2, 0.25) is 0 Å². The Morgan fingerprint density at radius 1 is 1.32 bits per heavy atom. The number of ether oxygens (including phenoxy) is 1. The number of rotatable bonds is 5. The van der Waals surface area contributed by atoms with Crippen LogP contribution in [0.4, 0.5) is 0 Å². The SMILES string of the molecule is COc1ccccc1C(CN)C(O)C1C2CCCC21. The minimum Gasteiger partial charge on any atom is -0.496 e. The molecule has 0 saturated heterocycles. The number of methoxy groups -OCH3 is 1. The highest BCUT2D eigenvalue weighted by atomic mass is 16.5. The summed E-state index contributed by atoms with van der Waals surface area (Å²) in [5.74, 6) is 2.79. The maximum Gasteiger partial charge on any atom is 0.122 e. The van der Waals surface area contributed by atoms with Gasteiger partial charge in [0.25, 0.3) is 0 Å². The maximum absolute atomic E-state index is 10.7. The maximum atomic E-state index is 10.7. The molecule has 0 aliphatic heterocycles. The summed E-state index contributed by atoms with van der Waals surface area (Å²) in [5, 5.41) is 10.7. The predicted molar refractivity (Wildman–Crippen MR) is 75.1 cm³/mol. The largest absolute Gasteiger partial charge is 0.496 e. The average molecular weight is 261 g/mol. The van der Waals surface area contributed by atoms with Crippen molar-refractivity contribution in [3.8, 4) is 5.75 Å². The van der Waals surface area contributed by atoms with Crippen LogP contribution in [-0.2, 0) is 0 Å². The minimum absolute atomic E-state index is 0.00764. The molecular weight excluding hydrogens is 238 g/mol. The molecule has 2 aliphatic carbocycles. The Balaban J connectivity index is 1.80. The van der Waals surface area contributed by atoms with Crippen molar-refractivity contribution in [3.63, 3.8) is 0 Å². The second-order valence-corrected chi connectivity index (χ2v) is 5.91. The number of benzene rings is 1. The Morgan fingerprint density at radius 2 is 2.00 bits per heavy atom. The molecule has 0 bridgehead atoms. The monoisotopic (exact) mass is 261 g/mol. The Hall–Kier alpha value is -1.06. The molecule has 2 aliphatic rings. The third-order valence-electron chi connectivity index (χ3n) is 5.07. The lowest BCUT2D eigenvalue weighted by Crippen LogP contribution is -2.29. The van der Waals surface area contributed by atoms with Crippen LogP contribution in [0.15, 0.2) is 24.3 Å². The smallest absolute Gasteiger partial charge is 0.122 e. The van der Waals surface area contributed by atoms with Crippen molar-refractivity contribution in [3.05, 3.63) is 29.8 Å². The lowest BCUT2D eigenvalue weighted by atomic mass is 9.88. The summed E-state index contributed by atoms with van der Waals surface area (Å²) in [5.41, 5.74) is 6.98. The Morgan fingerprint density at radius 3 is 2.63 bits per heavy atom. The van der Waals surface area contributed by atoms with Gasteiger partial charge in [-0.1, -0.05) is 24.6 Å². The van der Waals surface area contributed by atoms with E-state index in [0.717, 1.165) is 23.1 Å². The fraction of sp³-hybridized carbons (Fsp3) is 0.625. The summed E-state index contributed by atoms with van der Waals surface area (Å²) in [4.78, 5) is 0. The number of aliphatic hydroxyl groups excluding tert-OH is 1. The molecule has 4 unspecified atom stereocenters. The molecule has 19 heavy (non-hydrogen) atoms. The third-order valence-corrected chi connectivity index (χ3v) is 5.07. The van der Waals surface area contributed by atoms with Crippen LogP contribution in [0.25, 0.3) is 0 Å². The summed E-state index contributed by atoms with van der Waals surface area (Å²) < 4.78 is 5.41. The standard InChI is InChI=1S/C16H23NO2/c1-19-14-8-3-2-5-10(14)13(9-17)16(18)15-11-6-4-7-12(11)15/h2-3,5,8,11-13,15-16,18H,4,6-7,9,17H2,1H3. The molecule has 104 valence electrons. The highest BCUT2D eigenvalue weighted by Gasteiger charge is 2.57. The first-order valence-corrected chi connectivity index (χ1v) is 7.29. The van der Waals surface area contributed by atoms with Crippen LogP contribution in [0.5, 0.6) is 5.75 Å². The van der Waals surface area contributed by atoms with Gasteiger partial charge in [-0.15, -0.1) is 0 Å². The highest BCUT2D eigenvalue weighted by molar-refractivity contribution is 5.37. The molecule has 0 radical (unpaired) electrons. The zero-order chi connectivity index (χ0) is 13.4. The van der Waals surface area contributed by atoms with Crippen molar-refractivity contribution in [1.29, 1.82) is 0 Å². The van der Waals surface area contributed by atoms with Gasteiger partial charge in [0.2, 0.25) is 0 Å². The van der Waals surface area contributed by atoms with Crippen molar-refractivity contribution < 1.29 is 9.84 Å². The molecule has 0 amide bonds. The van der Waals surface area contributed by atoms with E-state index in [1.54, 1.807) is 7.11 Å². The van der Waals surface area contributed by atoms with Gasteiger partial charge in [0, 0.05) is 18.0 Å².